The van der Waals surface area contributed by atoms with Gasteiger partial charge in [0.1, 0.15) is 6.54 Å². The maximum atomic E-state index is 11.7. The van der Waals surface area contributed by atoms with E-state index in [0.29, 0.717) is 12.6 Å². The zero-order chi connectivity index (χ0) is 9.59. The maximum Gasteiger partial charge on any atom is 0.327 e. The van der Waals surface area contributed by atoms with E-state index in [1.807, 2.05) is 13.8 Å². The summed E-state index contributed by atoms with van der Waals surface area (Å²) in [7, 11) is 0. The molecule has 0 radical (unpaired) electrons. The summed E-state index contributed by atoms with van der Waals surface area (Å²) in [5.41, 5.74) is 0. The Hall–Kier alpha value is -1.06. The first-order chi connectivity index (χ1) is 6.11. The van der Waals surface area contributed by atoms with Gasteiger partial charge in [0.2, 0.25) is 0 Å². The van der Waals surface area contributed by atoms with Gasteiger partial charge in [-0.1, -0.05) is 0 Å². The van der Waals surface area contributed by atoms with Crippen LogP contribution in [-0.2, 0) is 4.79 Å². The number of hydrogen-bond acceptors (Lipinski definition) is 2. The van der Waals surface area contributed by atoms with Crippen molar-refractivity contribution in [3.05, 3.63) is 0 Å². The molecule has 2 rings (SSSR count). The predicted molar refractivity (Wildman–Crippen MR) is 47.1 cm³/mol. The largest absolute Gasteiger partial charge is 0.327 e. The average molecular weight is 182 g/mol. The SMILES string of the molecule is CC(C)N1C(=O)CN(C2CC2)C1=O. The molecule has 72 valence electrons. The highest BCUT2D eigenvalue weighted by Gasteiger charge is 2.44. The van der Waals surface area contributed by atoms with Crippen LogP contribution in [0, 0.1) is 0 Å². The molecule has 0 unspecified atom stereocenters. The summed E-state index contributed by atoms with van der Waals surface area (Å²) in [4.78, 5) is 26.2. The van der Waals surface area contributed by atoms with Crippen molar-refractivity contribution in [2.24, 2.45) is 0 Å². The van der Waals surface area contributed by atoms with E-state index in [9.17, 15) is 9.59 Å². The normalized spacial score (nSPS) is 23.6. The van der Waals surface area contributed by atoms with E-state index in [2.05, 4.69) is 0 Å². The van der Waals surface area contributed by atoms with Crippen molar-refractivity contribution in [3.63, 3.8) is 0 Å². The molecule has 3 amide bonds. The summed E-state index contributed by atoms with van der Waals surface area (Å²) >= 11 is 0. The lowest BCUT2D eigenvalue weighted by Gasteiger charge is -2.19. The second-order valence-electron chi connectivity index (χ2n) is 4.00. The van der Waals surface area contributed by atoms with Gasteiger partial charge in [-0.2, -0.15) is 0 Å². The molecule has 0 N–H and O–H groups in total. The zero-order valence-corrected chi connectivity index (χ0v) is 7.99. The van der Waals surface area contributed by atoms with Crippen molar-refractivity contribution in [3.8, 4) is 0 Å². The minimum atomic E-state index is -0.0949. The molecule has 4 nitrogen and oxygen atoms in total. The fraction of sp³-hybridized carbons (Fsp3) is 0.778. The van der Waals surface area contributed by atoms with Crippen LogP contribution in [0.2, 0.25) is 0 Å². The lowest BCUT2D eigenvalue weighted by Crippen LogP contribution is -2.38. The molecular weight excluding hydrogens is 168 g/mol. The quantitative estimate of drug-likeness (QED) is 0.593. The molecule has 0 spiro atoms. The predicted octanol–water partition coefficient (Wildman–Crippen LogP) is 0.821. The van der Waals surface area contributed by atoms with E-state index in [-0.39, 0.29) is 18.0 Å². The minimum absolute atomic E-state index is 0.0104. The lowest BCUT2D eigenvalue weighted by molar-refractivity contribution is -0.126. The minimum Gasteiger partial charge on any atom is -0.312 e. The zero-order valence-electron chi connectivity index (χ0n) is 7.99. The second-order valence-corrected chi connectivity index (χ2v) is 4.00. The van der Waals surface area contributed by atoms with Gasteiger partial charge >= 0.3 is 6.03 Å². The van der Waals surface area contributed by atoms with Gasteiger partial charge in [0.15, 0.2) is 0 Å². The van der Waals surface area contributed by atoms with Gasteiger partial charge in [0.05, 0.1) is 0 Å². The van der Waals surface area contributed by atoms with E-state index in [1.165, 1.54) is 4.90 Å². The van der Waals surface area contributed by atoms with Gasteiger partial charge in [-0.15, -0.1) is 0 Å². The van der Waals surface area contributed by atoms with Crippen LogP contribution in [0.15, 0.2) is 0 Å². The third-order valence-corrected chi connectivity index (χ3v) is 2.53. The Balaban J connectivity index is 2.13. The Morgan fingerprint density at radius 1 is 1.31 bits per heavy atom. The average Bonchev–Trinajstić information content (AvgIpc) is 2.78. The Morgan fingerprint density at radius 2 is 1.92 bits per heavy atom. The summed E-state index contributed by atoms with van der Waals surface area (Å²) in [6.45, 7) is 4.03. The Morgan fingerprint density at radius 3 is 2.31 bits per heavy atom. The summed E-state index contributed by atoms with van der Waals surface area (Å²) in [5.74, 6) is -0.0492. The third-order valence-electron chi connectivity index (χ3n) is 2.53. The van der Waals surface area contributed by atoms with Crippen LogP contribution in [0.1, 0.15) is 26.7 Å². The number of carbonyl (C=O) groups is 2. The van der Waals surface area contributed by atoms with E-state index in [4.69, 9.17) is 0 Å². The highest BCUT2D eigenvalue weighted by atomic mass is 16.2. The number of carbonyl (C=O) groups excluding carboxylic acids is 2. The summed E-state index contributed by atoms with van der Waals surface area (Å²) < 4.78 is 0. The van der Waals surface area contributed by atoms with Crippen molar-refractivity contribution in [1.82, 2.24) is 9.80 Å². The molecule has 1 saturated carbocycles. The Labute approximate surface area is 77.5 Å². The van der Waals surface area contributed by atoms with Crippen molar-refractivity contribution in [1.29, 1.82) is 0 Å². The van der Waals surface area contributed by atoms with Gasteiger partial charge in [-0.3, -0.25) is 9.69 Å². The van der Waals surface area contributed by atoms with Crippen molar-refractivity contribution >= 4 is 11.9 Å². The number of urea groups is 1. The van der Waals surface area contributed by atoms with E-state index >= 15 is 0 Å². The van der Waals surface area contributed by atoms with Crippen molar-refractivity contribution in [2.75, 3.05) is 6.54 Å². The van der Waals surface area contributed by atoms with E-state index in [1.54, 1.807) is 4.90 Å². The fourth-order valence-corrected chi connectivity index (χ4v) is 1.71. The van der Waals surface area contributed by atoms with Gasteiger partial charge in [-0.05, 0) is 26.7 Å². The Kier molecular flexibility index (Phi) is 1.78. The molecule has 1 saturated heterocycles. The first-order valence-electron chi connectivity index (χ1n) is 4.74. The molecule has 4 heteroatoms. The molecule has 0 bridgehead atoms. The summed E-state index contributed by atoms with van der Waals surface area (Å²) in [6, 6.07) is 0.242. The van der Waals surface area contributed by atoms with Crippen molar-refractivity contribution in [2.45, 2.75) is 38.8 Å². The standard InChI is InChI=1S/C9H14N2O2/c1-6(2)11-8(12)5-10(9(11)13)7-3-4-7/h6-7H,3-5H2,1-2H3. The number of rotatable bonds is 2. The molecule has 0 aromatic rings. The second kappa shape index (κ2) is 2.72. The van der Waals surface area contributed by atoms with Crippen LogP contribution in [0.5, 0.6) is 0 Å². The van der Waals surface area contributed by atoms with Crippen LogP contribution in [0.25, 0.3) is 0 Å². The highest BCUT2D eigenvalue weighted by Crippen LogP contribution is 2.30. The van der Waals surface area contributed by atoms with E-state index in [0.717, 1.165) is 12.8 Å². The van der Waals surface area contributed by atoms with Gasteiger partial charge in [-0.25, -0.2) is 4.79 Å². The van der Waals surface area contributed by atoms with Gasteiger partial charge in [0.25, 0.3) is 5.91 Å². The number of imide groups is 1. The maximum absolute atomic E-state index is 11.7. The highest BCUT2D eigenvalue weighted by molar-refractivity contribution is 6.02. The van der Waals surface area contributed by atoms with Crippen LogP contribution in [0.3, 0.4) is 0 Å². The third kappa shape index (κ3) is 1.30. The Bertz CT molecular complexity index is 258. The van der Waals surface area contributed by atoms with E-state index < -0.39 is 0 Å². The number of amides is 3. The molecule has 0 aromatic carbocycles. The molecule has 0 aromatic heterocycles. The monoisotopic (exact) mass is 182 g/mol. The summed E-state index contributed by atoms with van der Waals surface area (Å²) in [6.07, 6.45) is 2.12. The number of hydrogen-bond donors (Lipinski definition) is 0. The smallest absolute Gasteiger partial charge is 0.312 e. The van der Waals surface area contributed by atoms with Crippen LogP contribution in [0.4, 0.5) is 4.79 Å². The topological polar surface area (TPSA) is 40.6 Å². The molecule has 0 atom stereocenters. The van der Waals surface area contributed by atoms with Gasteiger partial charge in [0, 0.05) is 12.1 Å². The lowest BCUT2D eigenvalue weighted by atomic mass is 10.3. The van der Waals surface area contributed by atoms with Crippen LogP contribution in [-0.4, -0.2) is 40.4 Å². The first-order valence-corrected chi connectivity index (χ1v) is 4.74. The molecule has 1 aliphatic carbocycles. The molecule has 1 aliphatic heterocycles. The van der Waals surface area contributed by atoms with Gasteiger partial charge < -0.3 is 4.90 Å². The molecule has 2 fully saturated rings. The van der Waals surface area contributed by atoms with Crippen LogP contribution >= 0.6 is 0 Å². The van der Waals surface area contributed by atoms with Crippen LogP contribution < -0.4 is 0 Å². The number of nitrogens with zero attached hydrogens (tertiary/aromatic N) is 2. The molecule has 1 heterocycles. The molecular formula is C9H14N2O2. The molecule has 2 aliphatic rings. The van der Waals surface area contributed by atoms with Crippen molar-refractivity contribution < 1.29 is 9.59 Å². The fourth-order valence-electron chi connectivity index (χ4n) is 1.71. The first kappa shape index (κ1) is 8.53. The molecule has 13 heavy (non-hydrogen) atoms. The summed E-state index contributed by atoms with van der Waals surface area (Å²) in [5, 5.41) is 0.